The molecule has 1 aliphatic rings. The van der Waals surface area contributed by atoms with Gasteiger partial charge in [-0.1, -0.05) is 6.07 Å². The largest absolute Gasteiger partial charge is 0.463 e. The molecule has 32 heavy (non-hydrogen) atoms. The first-order valence-electron chi connectivity index (χ1n) is 10.2. The Morgan fingerprint density at radius 1 is 1.31 bits per heavy atom. The molecule has 1 aliphatic heterocycles. The number of rotatable bonds is 5. The Hall–Kier alpha value is -3.53. The van der Waals surface area contributed by atoms with Crippen molar-refractivity contribution in [1.29, 1.82) is 0 Å². The van der Waals surface area contributed by atoms with Crippen molar-refractivity contribution < 1.29 is 17.6 Å². The molecular weight excluding hydrogens is 430 g/mol. The van der Waals surface area contributed by atoms with Crippen LogP contribution in [0.5, 0.6) is 0 Å². The standard InChI is InChI=1S/C22H21N5O4S/c1-14-20-17(22(28)24-12-15-4-2-7-23-11-15)10-18(19-5-3-8-31-19)25-21(20)27(26-14)16-6-9-32(29,30)13-16/h2-5,7-8,10-11,16H,6,9,12-13H2,1H3,(H,24,28). The quantitative estimate of drug-likeness (QED) is 0.495. The van der Waals surface area contributed by atoms with Crippen LogP contribution in [-0.2, 0) is 16.4 Å². The summed E-state index contributed by atoms with van der Waals surface area (Å²) in [5.74, 6) is 0.362. The van der Waals surface area contributed by atoms with Crippen LogP contribution in [0.4, 0.5) is 0 Å². The molecule has 1 unspecified atom stereocenters. The summed E-state index contributed by atoms with van der Waals surface area (Å²) in [6, 6.07) is 8.57. The molecule has 1 N–H and O–H groups in total. The molecule has 5 rings (SSSR count). The maximum atomic E-state index is 13.2. The highest BCUT2D eigenvalue weighted by Gasteiger charge is 2.32. The van der Waals surface area contributed by atoms with Crippen LogP contribution in [0.1, 0.15) is 34.1 Å². The third kappa shape index (κ3) is 3.77. The Morgan fingerprint density at radius 3 is 2.88 bits per heavy atom. The lowest BCUT2D eigenvalue weighted by molar-refractivity contribution is 0.0952. The van der Waals surface area contributed by atoms with Gasteiger partial charge < -0.3 is 9.73 Å². The van der Waals surface area contributed by atoms with Crippen LogP contribution in [0.3, 0.4) is 0 Å². The van der Waals surface area contributed by atoms with Crippen molar-refractivity contribution >= 4 is 26.8 Å². The second-order valence-electron chi connectivity index (χ2n) is 7.86. The van der Waals surface area contributed by atoms with Crippen molar-refractivity contribution in [3.8, 4) is 11.5 Å². The Labute approximate surface area is 184 Å². The van der Waals surface area contributed by atoms with Crippen molar-refractivity contribution in [2.24, 2.45) is 0 Å². The number of furan rings is 1. The summed E-state index contributed by atoms with van der Waals surface area (Å²) in [5, 5.41) is 8.12. The number of hydrogen-bond acceptors (Lipinski definition) is 7. The van der Waals surface area contributed by atoms with E-state index in [1.165, 1.54) is 6.26 Å². The number of nitrogens with one attached hydrogen (secondary N) is 1. The fraction of sp³-hybridized carbons (Fsp3) is 0.273. The zero-order valence-electron chi connectivity index (χ0n) is 17.4. The Bertz CT molecular complexity index is 1400. The van der Waals surface area contributed by atoms with Crippen molar-refractivity contribution in [3.05, 3.63) is 65.8 Å². The lowest BCUT2D eigenvalue weighted by Crippen LogP contribution is -2.23. The topological polar surface area (TPSA) is 120 Å². The van der Waals surface area contributed by atoms with Gasteiger partial charge in [-0.3, -0.25) is 9.78 Å². The predicted molar refractivity (Wildman–Crippen MR) is 118 cm³/mol. The minimum atomic E-state index is -3.11. The van der Waals surface area contributed by atoms with Gasteiger partial charge in [0.05, 0.1) is 40.5 Å². The van der Waals surface area contributed by atoms with E-state index in [0.717, 1.165) is 5.56 Å². The van der Waals surface area contributed by atoms with Gasteiger partial charge in [0, 0.05) is 18.9 Å². The average molecular weight is 452 g/mol. The predicted octanol–water partition coefficient (Wildman–Crippen LogP) is 2.68. The van der Waals surface area contributed by atoms with E-state index >= 15 is 0 Å². The molecule has 0 aromatic carbocycles. The number of carbonyl (C=O) groups is 1. The highest BCUT2D eigenvalue weighted by Crippen LogP contribution is 2.32. The monoisotopic (exact) mass is 451 g/mol. The second-order valence-corrected chi connectivity index (χ2v) is 10.1. The molecular formula is C22H21N5O4S. The van der Waals surface area contributed by atoms with Gasteiger partial charge in [0.25, 0.3) is 5.91 Å². The molecule has 4 aromatic rings. The van der Waals surface area contributed by atoms with E-state index in [1.54, 1.807) is 42.2 Å². The fourth-order valence-electron chi connectivity index (χ4n) is 4.05. The maximum Gasteiger partial charge on any atom is 0.252 e. The SMILES string of the molecule is Cc1nn(C2CCS(=O)(=O)C2)c2nc(-c3ccco3)cc(C(=O)NCc3cccnc3)c12. The van der Waals surface area contributed by atoms with Crippen LogP contribution in [0.25, 0.3) is 22.5 Å². The number of pyridine rings is 2. The molecule has 9 nitrogen and oxygen atoms in total. The van der Waals surface area contributed by atoms with E-state index in [4.69, 9.17) is 9.40 Å². The summed E-state index contributed by atoms with van der Waals surface area (Å²) in [5.41, 5.74) is 2.87. The normalized spacial score (nSPS) is 17.6. The number of carbonyl (C=O) groups excluding carboxylic acids is 1. The minimum absolute atomic E-state index is 0.0123. The first kappa shape index (κ1) is 20.4. The van der Waals surface area contributed by atoms with Crippen molar-refractivity contribution in [2.75, 3.05) is 11.5 Å². The summed E-state index contributed by atoms with van der Waals surface area (Å²) >= 11 is 0. The smallest absolute Gasteiger partial charge is 0.252 e. The molecule has 164 valence electrons. The summed E-state index contributed by atoms with van der Waals surface area (Å²) in [6.45, 7) is 2.12. The maximum absolute atomic E-state index is 13.2. The first-order chi connectivity index (χ1) is 15.4. The summed E-state index contributed by atoms with van der Waals surface area (Å²) < 4.78 is 31.3. The van der Waals surface area contributed by atoms with Crippen LogP contribution in [0.15, 0.2) is 53.4 Å². The van der Waals surface area contributed by atoms with Crippen LogP contribution in [0, 0.1) is 6.92 Å². The van der Waals surface area contributed by atoms with E-state index in [9.17, 15) is 13.2 Å². The summed E-state index contributed by atoms with van der Waals surface area (Å²) in [4.78, 5) is 22.0. The van der Waals surface area contributed by atoms with Gasteiger partial charge in [-0.05, 0) is 43.2 Å². The van der Waals surface area contributed by atoms with Gasteiger partial charge >= 0.3 is 0 Å². The molecule has 1 amide bonds. The lowest BCUT2D eigenvalue weighted by Gasteiger charge is -2.11. The van der Waals surface area contributed by atoms with Gasteiger partial charge in [-0.2, -0.15) is 5.10 Å². The Kier molecular flexibility index (Phi) is 5.01. The number of aromatic nitrogens is 4. The fourth-order valence-corrected chi connectivity index (χ4v) is 5.74. The van der Waals surface area contributed by atoms with Crippen LogP contribution < -0.4 is 5.32 Å². The zero-order valence-corrected chi connectivity index (χ0v) is 18.2. The molecule has 0 aliphatic carbocycles. The van der Waals surface area contributed by atoms with E-state index < -0.39 is 9.84 Å². The molecule has 0 spiro atoms. The Morgan fingerprint density at radius 2 is 2.19 bits per heavy atom. The molecule has 4 aromatic heterocycles. The zero-order chi connectivity index (χ0) is 22.3. The van der Waals surface area contributed by atoms with Crippen LogP contribution in [0.2, 0.25) is 0 Å². The Balaban J connectivity index is 1.60. The number of hydrogen-bond donors (Lipinski definition) is 1. The highest BCUT2D eigenvalue weighted by atomic mass is 32.2. The van der Waals surface area contributed by atoms with Gasteiger partial charge in [0.2, 0.25) is 0 Å². The minimum Gasteiger partial charge on any atom is -0.463 e. The number of fused-ring (bicyclic) bond motifs is 1. The van der Waals surface area contributed by atoms with Gasteiger partial charge in [0.1, 0.15) is 5.69 Å². The third-order valence-corrected chi connectivity index (χ3v) is 7.34. The molecule has 10 heteroatoms. The van der Waals surface area contributed by atoms with Gasteiger partial charge in [-0.25, -0.2) is 18.1 Å². The lowest BCUT2D eigenvalue weighted by atomic mass is 10.1. The van der Waals surface area contributed by atoms with E-state index in [-0.39, 0.29) is 23.5 Å². The average Bonchev–Trinajstić information content (AvgIpc) is 3.51. The summed E-state index contributed by atoms with van der Waals surface area (Å²) in [6.07, 6.45) is 5.37. The number of nitrogens with zero attached hydrogens (tertiary/aromatic N) is 4. The second kappa shape index (κ2) is 7.86. The molecule has 0 bridgehead atoms. The first-order valence-corrected chi connectivity index (χ1v) is 12.0. The summed E-state index contributed by atoms with van der Waals surface area (Å²) in [7, 11) is -3.11. The van der Waals surface area contributed by atoms with Crippen molar-refractivity contribution in [2.45, 2.75) is 25.9 Å². The van der Waals surface area contributed by atoms with Crippen molar-refractivity contribution in [3.63, 3.8) is 0 Å². The van der Waals surface area contributed by atoms with Gasteiger partial charge in [0.15, 0.2) is 21.2 Å². The van der Waals surface area contributed by atoms with E-state index in [0.29, 0.717) is 46.7 Å². The molecule has 1 saturated heterocycles. The van der Waals surface area contributed by atoms with Crippen LogP contribution >= 0.6 is 0 Å². The number of sulfone groups is 1. The van der Waals surface area contributed by atoms with Crippen LogP contribution in [-0.4, -0.2) is 45.6 Å². The van der Waals surface area contributed by atoms with Crippen molar-refractivity contribution in [1.82, 2.24) is 25.1 Å². The number of amides is 1. The third-order valence-electron chi connectivity index (χ3n) is 5.59. The molecule has 0 saturated carbocycles. The highest BCUT2D eigenvalue weighted by molar-refractivity contribution is 7.91. The molecule has 1 fully saturated rings. The van der Waals surface area contributed by atoms with E-state index in [2.05, 4.69) is 15.4 Å². The molecule has 1 atom stereocenters. The number of aryl methyl sites for hydroxylation is 1. The van der Waals surface area contributed by atoms with E-state index in [1.807, 2.05) is 12.1 Å². The molecule has 5 heterocycles. The molecule has 0 radical (unpaired) electrons. The van der Waals surface area contributed by atoms with Gasteiger partial charge in [-0.15, -0.1) is 0 Å².